The molecule has 0 bridgehead atoms. The number of aromatic nitrogens is 1. The van der Waals surface area contributed by atoms with Crippen LogP contribution in [0.3, 0.4) is 0 Å². The molecule has 1 aliphatic carbocycles. The Hall–Kier alpha value is -1.46. The van der Waals surface area contributed by atoms with Crippen LogP contribution in [-0.4, -0.2) is 59.5 Å². The normalized spacial score (nSPS) is 25.6. The van der Waals surface area contributed by atoms with Gasteiger partial charge in [0, 0.05) is 38.1 Å². The van der Waals surface area contributed by atoms with Crippen molar-refractivity contribution in [2.24, 2.45) is 11.3 Å². The topological polar surface area (TPSA) is 48.5 Å². The van der Waals surface area contributed by atoms with Crippen LogP contribution in [0.15, 0.2) is 24.5 Å². The number of hydrogen-bond acceptors (Lipinski definition) is 4. The van der Waals surface area contributed by atoms with Crippen molar-refractivity contribution in [3.63, 3.8) is 0 Å². The summed E-state index contributed by atoms with van der Waals surface area (Å²) in [4.78, 5) is 22.2. The van der Waals surface area contributed by atoms with E-state index in [-0.39, 0.29) is 5.92 Å². The Morgan fingerprint density at radius 1 is 1.13 bits per heavy atom. The smallest absolute Gasteiger partial charge is 0.224 e. The van der Waals surface area contributed by atoms with Gasteiger partial charge in [0.1, 0.15) is 0 Å². The highest BCUT2D eigenvalue weighted by Gasteiger charge is 2.37. The minimum atomic E-state index is 0.187. The van der Waals surface area contributed by atoms with E-state index in [1.165, 1.54) is 57.1 Å². The Morgan fingerprint density at radius 2 is 1.90 bits per heavy atom. The monoisotopic (exact) mass is 412 g/mol. The zero-order chi connectivity index (χ0) is 20.8. The van der Waals surface area contributed by atoms with Gasteiger partial charge in [-0.1, -0.05) is 19.8 Å². The predicted molar refractivity (Wildman–Crippen MR) is 121 cm³/mol. The van der Waals surface area contributed by atoms with Crippen molar-refractivity contribution in [1.82, 2.24) is 20.1 Å². The minimum Gasteiger partial charge on any atom is -0.355 e. The van der Waals surface area contributed by atoms with Gasteiger partial charge in [0.25, 0.3) is 0 Å². The molecular formula is C25H40N4O. The molecule has 3 heterocycles. The Bertz CT molecular complexity index is 667. The lowest BCUT2D eigenvalue weighted by Gasteiger charge is -2.44. The quantitative estimate of drug-likeness (QED) is 0.705. The number of amides is 1. The average molecular weight is 413 g/mol. The third kappa shape index (κ3) is 5.42. The number of rotatable bonds is 8. The number of nitrogens with one attached hydrogen (secondary N) is 1. The number of carbonyl (C=O) groups is 1. The maximum absolute atomic E-state index is 12.9. The number of likely N-dealkylation sites (tertiary alicyclic amines) is 2. The van der Waals surface area contributed by atoms with E-state index < -0.39 is 0 Å². The van der Waals surface area contributed by atoms with Crippen molar-refractivity contribution in [2.75, 3.05) is 32.7 Å². The number of hydrogen-bond donors (Lipinski definition) is 1. The van der Waals surface area contributed by atoms with Crippen molar-refractivity contribution < 1.29 is 4.79 Å². The summed E-state index contributed by atoms with van der Waals surface area (Å²) in [5, 5.41) is 3.36. The molecule has 2 saturated heterocycles. The molecule has 1 N–H and O–H groups in total. The molecule has 1 atom stereocenters. The summed E-state index contributed by atoms with van der Waals surface area (Å²) >= 11 is 0. The van der Waals surface area contributed by atoms with E-state index in [1.807, 2.05) is 12.4 Å². The maximum atomic E-state index is 12.9. The van der Waals surface area contributed by atoms with Crippen LogP contribution in [0.4, 0.5) is 0 Å². The Labute approximate surface area is 182 Å². The molecule has 3 aliphatic rings. The zero-order valence-electron chi connectivity index (χ0n) is 18.8. The lowest BCUT2D eigenvalue weighted by Crippen LogP contribution is -2.51. The zero-order valence-corrected chi connectivity index (χ0v) is 18.8. The van der Waals surface area contributed by atoms with Crippen molar-refractivity contribution in [2.45, 2.75) is 77.3 Å². The molecule has 1 aromatic rings. The van der Waals surface area contributed by atoms with Gasteiger partial charge in [0.15, 0.2) is 0 Å². The molecule has 4 rings (SSSR count). The van der Waals surface area contributed by atoms with E-state index >= 15 is 0 Å². The summed E-state index contributed by atoms with van der Waals surface area (Å²) in [6.45, 7) is 8.63. The number of piperidine rings is 2. The SMILES string of the molecule is CCCC1(CNC(=O)C2CCCN(C3CCN(Cc4ccncc4)CC3)C2)CCC1. The van der Waals surface area contributed by atoms with Gasteiger partial charge in [-0.2, -0.15) is 0 Å². The summed E-state index contributed by atoms with van der Waals surface area (Å²) < 4.78 is 0. The van der Waals surface area contributed by atoms with Crippen LogP contribution >= 0.6 is 0 Å². The number of pyridine rings is 1. The summed E-state index contributed by atoms with van der Waals surface area (Å²) in [5.74, 6) is 0.504. The fraction of sp³-hybridized carbons (Fsp3) is 0.760. The average Bonchev–Trinajstić information content (AvgIpc) is 2.76. The molecule has 5 nitrogen and oxygen atoms in total. The molecule has 1 amide bonds. The van der Waals surface area contributed by atoms with Gasteiger partial charge in [-0.3, -0.25) is 19.6 Å². The largest absolute Gasteiger partial charge is 0.355 e. The number of carbonyl (C=O) groups excluding carboxylic acids is 1. The maximum Gasteiger partial charge on any atom is 0.224 e. The first-order valence-electron chi connectivity index (χ1n) is 12.3. The van der Waals surface area contributed by atoms with Gasteiger partial charge in [0.2, 0.25) is 5.91 Å². The van der Waals surface area contributed by atoms with E-state index in [1.54, 1.807) is 0 Å². The van der Waals surface area contributed by atoms with Crippen LogP contribution < -0.4 is 5.32 Å². The molecular weight excluding hydrogens is 372 g/mol. The standard InChI is InChI=1S/C25H40N4O/c1-2-10-25(11-4-12-25)20-27-24(30)22-5-3-15-29(19-22)23-8-16-28(17-9-23)18-21-6-13-26-14-7-21/h6-7,13-14,22-23H,2-5,8-12,15-20H2,1H3,(H,27,30). The third-order valence-corrected chi connectivity index (χ3v) is 7.88. The molecule has 1 saturated carbocycles. The second-order valence-electron chi connectivity index (χ2n) is 10.0. The highest BCUT2D eigenvalue weighted by Crippen LogP contribution is 2.44. The fourth-order valence-corrected chi connectivity index (χ4v) is 5.88. The minimum absolute atomic E-state index is 0.187. The van der Waals surface area contributed by atoms with E-state index in [0.717, 1.165) is 45.6 Å². The molecule has 3 fully saturated rings. The van der Waals surface area contributed by atoms with E-state index in [0.29, 0.717) is 17.4 Å². The second-order valence-corrected chi connectivity index (χ2v) is 10.0. The van der Waals surface area contributed by atoms with Crippen LogP contribution in [0, 0.1) is 11.3 Å². The fourth-order valence-electron chi connectivity index (χ4n) is 5.88. The summed E-state index contributed by atoms with van der Waals surface area (Å²) in [6, 6.07) is 4.88. The second kappa shape index (κ2) is 10.2. The highest BCUT2D eigenvalue weighted by atomic mass is 16.1. The first kappa shape index (κ1) is 21.8. The molecule has 0 aromatic carbocycles. The molecule has 5 heteroatoms. The highest BCUT2D eigenvalue weighted by molar-refractivity contribution is 5.79. The number of nitrogens with zero attached hydrogens (tertiary/aromatic N) is 3. The predicted octanol–water partition coefficient (Wildman–Crippen LogP) is 3.84. The molecule has 30 heavy (non-hydrogen) atoms. The molecule has 166 valence electrons. The van der Waals surface area contributed by atoms with Crippen LogP contribution in [0.25, 0.3) is 0 Å². The van der Waals surface area contributed by atoms with Crippen LogP contribution in [0.2, 0.25) is 0 Å². The summed E-state index contributed by atoms with van der Waals surface area (Å²) in [7, 11) is 0. The molecule has 1 aromatic heterocycles. The first-order chi connectivity index (χ1) is 14.7. The third-order valence-electron chi connectivity index (χ3n) is 7.88. The van der Waals surface area contributed by atoms with Gasteiger partial charge in [0.05, 0.1) is 5.92 Å². The van der Waals surface area contributed by atoms with Crippen molar-refractivity contribution in [3.05, 3.63) is 30.1 Å². The van der Waals surface area contributed by atoms with E-state index in [9.17, 15) is 4.79 Å². The molecule has 0 spiro atoms. The first-order valence-corrected chi connectivity index (χ1v) is 12.3. The summed E-state index contributed by atoms with van der Waals surface area (Å²) in [6.07, 6.45) is 14.9. The molecule has 2 aliphatic heterocycles. The Kier molecular flexibility index (Phi) is 7.42. The van der Waals surface area contributed by atoms with Crippen LogP contribution in [-0.2, 0) is 11.3 Å². The van der Waals surface area contributed by atoms with Crippen molar-refractivity contribution >= 4 is 5.91 Å². The van der Waals surface area contributed by atoms with E-state index in [4.69, 9.17) is 0 Å². The molecule has 0 radical (unpaired) electrons. The Balaban J connectivity index is 1.22. The van der Waals surface area contributed by atoms with Crippen molar-refractivity contribution in [3.8, 4) is 0 Å². The van der Waals surface area contributed by atoms with Gasteiger partial charge in [-0.05, 0) is 87.7 Å². The molecule has 1 unspecified atom stereocenters. The van der Waals surface area contributed by atoms with Gasteiger partial charge >= 0.3 is 0 Å². The summed E-state index contributed by atoms with van der Waals surface area (Å²) in [5.41, 5.74) is 1.77. The van der Waals surface area contributed by atoms with Crippen LogP contribution in [0.5, 0.6) is 0 Å². The van der Waals surface area contributed by atoms with Gasteiger partial charge in [-0.25, -0.2) is 0 Å². The van der Waals surface area contributed by atoms with Crippen molar-refractivity contribution in [1.29, 1.82) is 0 Å². The lowest BCUT2D eigenvalue weighted by atomic mass is 9.66. The lowest BCUT2D eigenvalue weighted by molar-refractivity contribution is -0.128. The van der Waals surface area contributed by atoms with Gasteiger partial charge < -0.3 is 5.32 Å². The van der Waals surface area contributed by atoms with Gasteiger partial charge in [-0.15, -0.1) is 0 Å². The van der Waals surface area contributed by atoms with E-state index in [2.05, 4.69) is 39.2 Å². The van der Waals surface area contributed by atoms with Crippen LogP contribution in [0.1, 0.15) is 70.3 Å². The Morgan fingerprint density at radius 3 is 2.57 bits per heavy atom.